The van der Waals surface area contributed by atoms with E-state index < -0.39 is 5.91 Å². The molecule has 114 valence electrons. The van der Waals surface area contributed by atoms with Gasteiger partial charge >= 0.3 is 6.03 Å². The Morgan fingerprint density at radius 3 is 2.76 bits per heavy atom. The van der Waals surface area contributed by atoms with Crippen molar-refractivity contribution in [3.63, 3.8) is 0 Å². The van der Waals surface area contributed by atoms with Crippen molar-refractivity contribution >= 4 is 17.6 Å². The van der Waals surface area contributed by atoms with Crippen LogP contribution in [0.4, 0.5) is 10.5 Å². The smallest absolute Gasteiger partial charge is 0.319 e. The Kier molecular flexibility index (Phi) is 5.20. The third-order valence-corrected chi connectivity index (χ3v) is 3.90. The number of primary amides is 1. The fourth-order valence-corrected chi connectivity index (χ4v) is 2.89. The molecule has 0 saturated heterocycles. The molecule has 5 heteroatoms. The highest BCUT2D eigenvalue weighted by atomic mass is 16.2. The first-order valence-electron chi connectivity index (χ1n) is 7.48. The summed E-state index contributed by atoms with van der Waals surface area (Å²) in [4.78, 5) is 23.1. The van der Waals surface area contributed by atoms with E-state index in [0.717, 1.165) is 24.8 Å². The standard InChI is InChI=1S/C16H23N3O2/c1-11-5-4-7-13(9-11)18-16(21)19-14-8-3-2-6-12(14)10-15(17)20/h2-3,6,8,11,13H,4-5,7,9-10H2,1H3,(H2,17,20)(H2,18,19,21)/t11-,13-/m1/s1. The van der Waals surface area contributed by atoms with Crippen molar-refractivity contribution in [2.24, 2.45) is 11.7 Å². The number of carbonyl (C=O) groups excluding carboxylic acids is 2. The average Bonchev–Trinajstić information content (AvgIpc) is 2.40. The topological polar surface area (TPSA) is 84.2 Å². The molecule has 1 aromatic carbocycles. The minimum atomic E-state index is -0.411. The maximum atomic E-state index is 12.1. The van der Waals surface area contributed by atoms with Gasteiger partial charge in [-0.25, -0.2) is 4.79 Å². The zero-order chi connectivity index (χ0) is 15.2. The second kappa shape index (κ2) is 7.11. The molecule has 1 aromatic rings. The maximum Gasteiger partial charge on any atom is 0.319 e. The van der Waals surface area contributed by atoms with Crippen molar-refractivity contribution in [1.29, 1.82) is 0 Å². The lowest BCUT2D eigenvalue weighted by atomic mass is 9.87. The van der Waals surface area contributed by atoms with Crippen LogP contribution in [0.3, 0.4) is 0 Å². The van der Waals surface area contributed by atoms with Crippen molar-refractivity contribution in [2.45, 2.75) is 45.1 Å². The highest BCUT2D eigenvalue weighted by molar-refractivity contribution is 5.91. The first kappa shape index (κ1) is 15.4. The van der Waals surface area contributed by atoms with Crippen LogP contribution in [0, 0.1) is 5.92 Å². The van der Waals surface area contributed by atoms with E-state index in [4.69, 9.17) is 5.73 Å². The quantitative estimate of drug-likeness (QED) is 0.795. The molecule has 0 aliphatic heterocycles. The van der Waals surface area contributed by atoms with Crippen LogP contribution in [-0.4, -0.2) is 18.0 Å². The summed E-state index contributed by atoms with van der Waals surface area (Å²) >= 11 is 0. The minimum Gasteiger partial charge on any atom is -0.369 e. The van der Waals surface area contributed by atoms with Crippen molar-refractivity contribution in [1.82, 2.24) is 5.32 Å². The Bertz CT molecular complexity index is 516. The summed E-state index contributed by atoms with van der Waals surface area (Å²) in [5.41, 5.74) is 6.59. The van der Waals surface area contributed by atoms with E-state index in [-0.39, 0.29) is 18.5 Å². The molecule has 5 nitrogen and oxygen atoms in total. The van der Waals surface area contributed by atoms with Crippen LogP contribution in [-0.2, 0) is 11.2 Å². The molecule has 1 aliphatic rings. The van der Waals surface area contributed by atoms with E-state index in [0.29, 0.717) is 11.6 Å². The number of rotatable bonds is 4. The van der Waals surface area contributed by atoms with Crippen molar-refractivity contribution in [3.8, 4) is 0 Å². The van der Waals surface area contributed by atoms with Gasteiger partial charge in [-0.3, -0.25) is 4.79 Å². The summed E-state index contributed by atoms with van der Waals surface area (Å²) in [6.45, 7) is 2.22. The molecule has 2 rings (SSSR count). The molecule has 0 heterocycles. The number of nitrogens with two attached hydrogens (primary N) is 1. The Hall–Kier alpha value is -2.04. The number of nitrogens with one attached hydrogen (secondary N) is 2. The summed E-state index contributed by atoms with van der Waals surface area (Å²) in [5.74, 6) is 0.247. The molecule has 0 bridgehead atoms. The highest BCUT2D eigenvalue weighted by Crippen LogP contribution is 2.23. The Morgan fingerprint density at radius 2 is 2.05 bits per heavy atom. The predicted octanol–water partition coefficient (Wildman–Crippen LogP) is 2.41. The number of amides is 3. The van der Waals surface area contributed by atoms with E-state index in [9.17, 15) is 9.59 Å². The van der Waals surface area contributed by atoms with E-state index in [1.165, 1.54) is 6.42 Å². The number of urea groups is 1. The van der Waals surface area contributed by atoms with Crippen LogP contribution in [0.5, 0.6) is 0 Å². The molecule has 1 fully saturated rings. The second-order valence-corrected chi connectivity index (χ2v) is 5.87. The number of para-hydroxylation sites is 1. The normalized spacial score (nSPS) is 21.6. The number of carbonyl (C=O) groups is 2. The predicted molar refractivity (Wildman–Crippen MR) is 82.9 cm³/mol. The van der Waals surface area contributed by atoms with Gasteiger partial charge in [0, 0.05) is 11.7 Å². The van der Waals surface area contributed by atoms with E-state index in [2.05, 4.69) is 17.6 Å². The van der Waals surface area contributed by atoms with Gasteiger partial charge in [0.1, 0.15) is 0 Å². The second-order valence-electron chi connectivity index (χ2n) is 5.87. The maximum absolute atomic E-state index is 12.1. The fraction of sp³-hybridized carbons (Fsp3) is 0.500. The molecule has 0 spiro atoms. The van der Waals surface area contributed by atoms with Gasteiger partial charge in [-0.1, -0.05) is 38.0 Å². The van der Waals surface area contributed by atoms with Crippen LogP contribution >= 0.6 is 0 Å². The van der Waals surface area contributed by atoms with Crippen LogP contribution in [0.2, 0.25) is 0 Å². The monoisotopic (exact) mass is 289 g/mol. The largest absolute Gasteiger partial charge is 0.369 e. The van der Waals surface area contributed by atoms with Gasteiger partial charge in [-0.05, 0) is 30.4 Å². The molecule has 3 amide bonds. The van der Waals surface area contributed by atoms with Crippen molar-refractivity contribution < 1.29 is 9.59 Å². The third kappa shape index (κ3) is 4.77. The van der Waals surface area contributed by atoms with E-state index in [1.54, 1.807) is 12.1 Å². The minimum absolute atomic E-state index is 0.122. The Morgan fingerprint density at radius 1 is 1.29 bits per heavy atom. The molecular weight excluding hydrogens is 266 g/mol. The number of benzene rings is 1. The van der Waals surface area contributed by atoms with Crippen LogP contribution in [0.1, 0.15) is 38.2 Å². The molecule has 1 aliphatic carbocycles. The van der Waals surface area contributed by atoms with Gasteiger partial charge in [-0.2, -0.15) is 0 Å². The van der Waals surface area contributed by atoms with Crippen LogP contribution < -0.4 is 16.4 Å². The highest BCUT2D eigenvalue weighted by Gasteiger charge is 2.20. The van der Waals surface area contributed by atoms with Gasteiger partial charge < -0.3 is 16.4 Å². The van der Waals surface area contributed by atoms with Gasteiger partial charge in [-0.15, -0.1) is 0 Å². The summed E-state index contributed by atoms with van der Waals surface area (Å²) in [7, 11) is 0. The molecule has 2 atom stereocenters. The SMILES string of the molecule is C[C@@H]1CCC[C@@H](NC(=O)Nc2ccccc2CC(N)=O)C1. The molecule has 0 unspecified atom stereocenters. The molecule has 21 heavy (non-hydrogen) atoms. The fourth-order valence-electron chi connectivity index (χ4n) is 2.89. The summed E-state index contributed by atoms with van der Waals surface area (Å²) in [6, 6.07) is 7.24. The van der Waals surface area contributed by atoms with Gasteiger partial charge in [0.2, 0.25) is 5.91 Å². The van der Waals surface area contributed by atoms with Crippen LogP contribution in [0.15, 0.2) is 24.3 Å². The molecule has 0 radical (unpaired) electrons. The number of anilines is 1. The zero-order valence-corrected chi connectivity index (χ0v) is 12.4. The Balaban J connectivity index is 1.94. The third-order valence-electron chi connectivity index (χ3n) is 3.90. The van der Waals surface area contributed by atoms with E-state index >= 15 is 0 Å². The lowest BCUT2D eigenvalue weighted by molar-refractivity contribution is -0.117. The lowest BCUT2D eigenvalue weighted by Crippen LogP contribution is -2.40. The number of hydrogen-bond donors (Lipinski definition) is 3. The Labute approximate surface area is 125 Å². The summed E-state index contributed by atoms with van der Waals surface area (Å²) in [6.07, 6.45) is 4.57. The first-order valence-corrected chi connectivity index (χ1v) is 7.48. The average molecular weight is 289 g/mol. The summed E-state index contributed by atoms with van der Waals surface area (Å²) < 4.78 is 0. The zero-order valence-electron chi connectivity index (χ0n) is 12.4. The molecule has 4 N–H and O–H groups in total. The van der Waals surface area contributed by atoms with Crippen molar-refractivity contribution in [2.75, 3.05) is 5.32 Å². The molecular formula is C16H23N3O2. The first-order chi connectivity index (χ1) is 10.0. The van der Waals surface area contributed by atoms with Gasteiger partial charge in [0.25, 0.3) is 0 Å². The lowest BCUT2D eigenvalue weighted by Gasteiger charge is -2.27. The molecule has 0 aromatic heterocycles. The van der Waals surface area contributed by atoms with Gasteiger partial charge in [0.05, 0.1) is 6.42 Å². The van der Waals surface area contributed by atoms with E-state index in [1.807, 2.05) is 12.1 Å². The van der Waals surface area contributed by atoms with Crippen LogP contribution in [0.25, 0.3) is 0 Å². The number of hydrogen-bond acceptors (Lipinski definition) is 2. The van der Waals surface area contributed by atoms with Crippen molar-refractivity contribution in [3.05, 3.63) is 29.8 Å². The molecule has 1 saturated carbocycles. The van der Waals surface area contributed by atoms with Gasteiger partial charge in [0.15, 0.2) is 0 Å². The summed E-state index contributed by atoms with van der Waals surface area (Å²) in [5, 5.41) is 5.83.